The van der Waals surface area contributed by atoms with Crippen LogP contribution in [0.3, 0.4) is 0 Å². The number of amides is 1. The van der Waals surface area contributed by atoms with Crippen LogP contribution >= 0.6 is 0 Å². The lowest BCUT2D eigenvalue weighted by molar-refractivity contribution is -0.122. The monoisotopic (exact) mass is 256 g/mol. The fourth-order valence-electron chi connectivity index (χ4n) is 2.40. The van der Waals surface area contributed by atoms with Crippen LogP contribution in [0.25, 0.3) is 0 Å². The van der Waals surface area contributed by atoms with Crippen molar-refractivity contribution in [2.75, 3.05) is 19.6 Å². The van der Waals surface area contributed by atoms with E-state index in [2.05, 4.69) is 10.2 Å². The summed E-state index contributed by atoms with van der Waals surface area (Å²) in [6, 6.07) is 0. The van der Waals surface area contributed by atoms with E-state index < -0.39 is 0 Å². The maximum atomic E-state index is 11.7. The minimum absolute atomic E-state index is 0.125. The minimum Gasteiger partial charge on any atom is -0.393 e. The molecule has 106 valence electrons. The Morgan fingerprint density at radius 2 is 1.94 bits per heavy atom. The molecular formula is C14H28N2O2. The van der Waals surface area contributed by atoms with Gasteiger partial charge in [0.2, 0.25) is 5.91 Å². The molecule has 1 amide bonds. The highest BCUT2D eigenvalue weighted by atomic mass is 16.3. The van der Waals surface area contributed by atoms with Gasteiger partial charge in [0.25, 0.3) is 0 Å². The largest absolute Gasteiger partial charge is 0.393 e. The maximum absolute atomic E-state index is 11.7. The zero-order chi connectivity index (χ0) is 13.8. The van der Waals surface area contributed by atoms with Crippen molar-refractivity contribution in [2.24, 2.45) is 5.92 Å². The molecule has 2 N–H and O–H groups in total. The van der Waals surface area contributed by atoms with Crippen LogP contribution in [0, 0.1) is 5.92 Å². The number of carbonyl (C=O) groups is 1. The van der Waals surface area contributed by atoms with Gasteiger partial charge in [-0.1, -0.05) is 0 Å². The summed E-state index contributed by atoms with van der Waals surface area (Å²) in [5, 5.41) is 12.5. The first-order valence-corrected chi connectivity index (χ1v) is 6.99. The molecule has 1 aliphatic rings. The van der Waals surface area contributed by atoms with E-state index >= 15 is 0 Å². The Balaban J connectivity index is 2.20. The Bertz CT molecular complexity index is 263. The summed E-state index contributed by atoms with van der Waals surface area (Å²) >= 11 is 0. The fraction of sp³-hybridized carbons (Fsp3) is 0.929. The summed E-state index contributed by atoms with van der Waals surface area (Å²) in [6.45, 7) is 10.7. The normalized spacial score (nSPS) is 20.7. The van der Waals surface area contributed by atoms with Crippen molar-refractivity contribution in [1.29, 1.82) is 0 Å². The Morgan fingerprint density at radius 1 is 1.39 bits per heavy atom. The second kappa shape index (κ2) is 6.53. The predicted molar refractivity (Wildman–Crippen MR) is 73.4 cm³/mol. The zero-order valence-corrected chi connectivity index (χ0v) is 12.2. The third kappa shape index (κ3) is 5.83. The van der Waals surface area contributed by atoms with E-state index in [4.69, 9.17) is 0 Å². The zero-order valence-electron chi connectivity index (χ0n) is 12.2. The number of likely N-dealkylation sites (tertiary alicyclic amines) is 1. The molecule has 1 rings (SSSR count). The molecule has 4 nitrogen and oxygen atoms in total. The number of piperidine rings is 1. The van der Waals surface area contributed by atoms with Crippen molar-refractivity contribution in [2.45, 2.75) is 58.6 Å². The van der Waals surface area contributed by atoms with Crippen molar-refractivity contribution in [1.82, 2.24) is 10.2 Å². The smallest absolute Gasteiger partial charge is 0.221 e. The molecule has 1 saturated heterocycles. The highest BCUT2D eigenvalue weighted by Crippen LogP contribution is 2.20. The van der Waals surface area contributed by atoms with Gasteiger partial charge < -0.3 is 15.3 Å². The highest BCUT2D eigenvalue weighted by Gasteiger charge is 2.23. The molecule has 0 aromatic heterocycles. The van der Waals surface area contributed by atoms with E-state index in [0.29, 0.717) is 12.3 Å². The number of aliphatic hydroxyl groups is 1. The Hall–Kier alpha value is -0.610. The standard InChI is InChI=1S/C14H28N2O2/c1-11(17)12-5-8-16(9-6-12)10-7-13(18)15-14(2,3)4/h11-12,17H,5-10H2,1-4H3,(H,15,18)/t11-/m0/s1. The first-order chi connectivity index (χ1) is 8.28. The van der Waals surface area contributed by atoms with Crippen LogP contribution in [0.2, 0.25) is 0 Å². The first kappa shape index (κ1) is 15.4. The topological polar surface area (TPSA) is 52.6 Å². The van der Waals surface area contributed by atoms with E-state index in [9.17, 15) is 9.90 Å². The average Bonchev–Trinajstić information content (AvgIpc) is 2.24. The van der Waals surface area contributed by atoms with Crippen LogP contribution in [0.15, 0.2) is 0 Å². The van der Waals surface area contributed by atoms with Crippen LogP contribution in [0.4, 0.5) is 0 Å². The van der Waals surface area contributed by atoms with Gasteiger partial charge in [-0.15, -0.1) is 0 Å². The van der Waals surface area contributed by atoms with E-state index in [1.54, 1.807) is 0 Å². The average molecular weight is 256 g/mol. The molecule has 0 aromatic carbocycles. The van der Waals surface area contributed by atoms with Gasteiger partial charge in [-0.05, 0) is 59.5 Å². The summed E-state index contributed by atoms with van der Waals surface area (Å²) in [5.74, 6) is 0.560. The summed E-state index contributed by atoms with van der Waals surface area (Å²) < 4.78 is 0. The molecule has 1 fully saturated rings. The molecule has 4 heteroatoms. The van der Waals surface area contributed by atoms with Crippen LogP contribution in [0.1, 0.15) is 47.0 Å². The second-order valence-corrected chi connectivity index (χ2v) is 6.47. The van der Waals surface area contributed by atoms with Crippen molar-refractivity contribution in [3.05, 3.63) is 0 Å². The van der Waals surface area contributed by atoms with Gasteiger partial charge >= 0.3 is 0 Å². The summed E-state index contributed by atoms with van der Waals surface area (Å²) in [7, 11) is 0. The van der Waals surface area contributed by atoms with Gasteiger partial charge in [-0.25, -0.2) is 0 Å². The van der Waals surface area contributed by atoms with Crippen molar-refractivity contribution in [3.63, 3.8) is 0 Å². The van der Waals surface area contributed by atoms with Gasteiger partial charge in [0, 0.05) is 18.5 Å². The number of nitrogens with zero attached hydrogens (tertiary/aromatic N) is 1. The molecule has 1 heterocycles. The molecule has 0 aromatic rings. The molecule has 1 atom stereocenters. The number of rotatable bonds is 4. The SMILES string of the molecule is C[C@H](O)C1CCN(CCC(=O)NC(C)(C)C)CC1. The third-order valence-electron chi connectivity index (χ3n) is 3.48. The summed E-state index contributed by atoms with van der Waals surface area (Å²) in [6.07, 6.45) is 2.45. The lowest BCUT2D eigenvalue weighted by Gasteiger charge is -2.33. The molecule has 1 aliphatic heterocycles. The molecule has 0 aliphatic carbocycles. The highest BCUT2D eigenvalue weighted by molar-refractivity contribution is 5.76. The van der Waals surface area contributed by atoms with Gasteiger partial charge in [0.1, 0.15) is 0 Å². The molecule has 0 unspecified atom stereocenters. The van der Waals surface area contributed by atoms with E-state index in [1.807, 2.05) is 27.7 Å². The molecule has 0 saturated carbocycles. The van der Waals surface area contributed by atoms with Gasteiger partial charge in [-0.2, -0.15) is 0 Å². The van der Waals surface area contributed by atoms with E-state index in [0.717, 1.165) is 32.5 Å². The van der Waals surface area contributed by atoms with Gasteiger partial charge in [0.05, 0.1) is 6.10 Å². The Kier molecular flexibility index (Phi) is 5.60. The molecule has 0 bridgehead atoms. The number of hydrogen-bond donors (Lipinski definition) is 2. The van der Waals surface area contributed by atoms with Gasteiger partial charge in [0.15, 0.2) is 0 Å². The lowest BCUT2D eigenvalue weighted by atomic mass is 9.92. The lowest BCUT2D eigenvalue weighted by Crippen LogP contribution is -2.43. The van der Waals surface area contributed by atoms with Crippen molar-refractivity contribution >= 4 is 5.91 Å². The predicted octanol–water partition coefficient (Wildman–Crippen LogP) is 1.38. The quantitative estimate of drug-likeness (QED) is 0.799. The number of hydrogen-bond acceptors (Lipinski definition) is 3. The number of nitrogens with one attached hydrogen (secondary N) is 1. The fourth-order valence-corrected chi connectivity index (χ4v) is 2.40. The van der Waals surface area contributed by atoms with Crippen LogP contribution < -0.4 is 5.32 Å². The maximum Gasteiger partial charge on any atom is 0.221 e. The minimum atomic E-state index is -0.198. The molecule has 18 heavy (non-hydrogen) atoms. The second-order valence-electron chi connectivity index (χ2n) is 6.47. The van der Waals surface area contributed by atoms with E-state index in [1.165, 1.54) is 0 Å². The number of aliphatic hydroxyl groups excluding tert-OH is 1. The Labute approximate surface area is 111 Å². The molecular weight excluding hydrogens is 228 g/mol. The van der Waals surface area contributed by atoms with E-state index in [-0.39, 0.29) is 17.6 Å². The van der Waals surface area contributed by atoms with Gasteiger partial charge in [-0.3, -0.25) is 4.79 Å². The first-order valence-electron chi connectivity index (χ1n) is 6.99. The molecule has 0 radical (unpaired) electrons. The number of carbonyl (C=O) groups excluding carboxylic acids is 1. The molecule has 0 spiro atoms. The van der Waals surface area contributed by atoms with Crippen LogP contribution in [-0.2, 0) is 4.79 Å². The van der Waals surface area contributed by atoms with Crippen LogP contribution in [-0.4, -0.2) is 47.2 Å². The summed E-state index contributed by atoms with van der Waals surface area (Å²) in [5.41, 5.74) is -0.142. The Morgan fingerprint density at radius 3 is 2.39 bits per heavy atom. The third-order valence-corrected chi connectivity index (χ3v) is 3.48. The van der Waals surface area contributed by atoms with Crippen molar-refractivity contribution < 1.29 is 9.90 Å². The summed E-state index contributed by atoms with van der Waals surface area (Å²) in [4.78, 5) is 14.0. The van der Waals surface area contributed by atoms with Crippen molar-refractivity contribution in [3.8, 4) is 0 Å². The van der Waals surface area contributed by atoms with Crippen LogP contribution in [0.5, 0.6) is 0 Å².